The summed E-state index contributed by atoms with van der Waals surface area (Å²) in [6.07, 6.45) is 0.0752. The van der Waals surface area contributed by atoms with Gasteiger partial charge in [0.05, 0.1) is 11.0 Å². The molecule has 1 aliphatic heterocycles. The molecule has 6 nitrogen and oxygen atoms in total. The van der Waals surface area contributed by atoms with Crippen LogP contribution in [0.15, 0.2) is 59.5 Å². The van der Waals surface area contributed by atoms with Crippen molar-refractivity contribution in [2.75, 3.05) is 26.2 Å². The molecule has 144 valence electrons. The molecule has 7 heteroatoms. The number of carbonyl (C=O) groups excluding carboxylic acids is 1. The van der Waals surface area contributed by atoms with Gasteiger partial charge in [0, 0.05) is 31.7 Å². The molecule has 2 aromatic carbocycles. The van der Waals surface area contributed by atoms with Crippen LogP contribution in [0.4, 0.5) is 0 Å². The summed E-state index contributed by atoms with van der Waals surface area (Å²) in [5.41, 5.74) is 0.575. The van der Waals surface area contributed by atoms with Gasteiger partial charge in [-0.25, -0.2) is 8.42 Å². The molecular weight excluding hydrogens is 364 g/mol. The summed E-state index contributed by atoms with van der Waals surface area (Å²) in [4.78, 5) is 14.6. The van der Waals surface area contributed by atoms with Crippen LogP contribution in [-0.4, -0.2) is 55.8 Å². The SMILES string of the molecule is CC(C)Oc1ccc(C(=O)N2CCN(S(=O)(=O)c3ccccc3)CC2)cc1. The quantitative estimate of drug-likeness (QED) is 0.790. The Balaban J connectivity index is 1.62. The smallest absolute Gasteiger partial charge is 0.253 e. The van der Waals surface area contributed by atoms with Crippen molar-refractivity contribution >= 4 is 15.9 Å². The van der Waals surface area contributed by atoms with Crippen LogP contribution in [0.3, 0.4) is 0 Å². The second-order valence-corrected chi connectivity index (χ2v) is 8.64. The molecule has 27 heavy (non-hydrogen) atoms. The van der Waals surface area contributed by atoms with E-state index in [1.54, 1.807) is 59.5 Å². The van der Waals surface area contributed by atoms with E-state index in [-0.39, 0.29) is 30.0 Å². The maximum atomic E-state index is 12.7. The number of ether oxygens (including phenoxy) is 1. The van der Waals surface area contributed by atoms with Gasteiger partial charge in [-0.2, -0.15) is 4.31 Å². The van der Waals surface area contributed by atoms with Crippen LogP contribution < -0.4 is 4.74 Å². The molecule has 1 fully saturated rings. The summed E-state index contributed by atoms with van der Waals surface area (Å²) in [5, 5.41) is 0. The zero-order valence-electron chi connectivity index (χ0n) is 15.5. The summed E-state index contributed by atoms with van der Waals surface area (Å²) in [6, 6.07) is 15.4. The van der Waals surface area contributed by atoms with Gasteiger partial charge in [-0.3, -0.25) is 4.79 Å². The highest BCUT2D eigenvalue weighted by Crippen LogP contribution is 2.19. The van der Waals surface area contributed by atoms with Gasteiger partial charge in [-0.05, 0) is 50.2 Å². The average Bonchev–Trinajstić information content (AvgIpc) is 2.68. The number of nitrogens with zero attached hydrogens (tertiary/aromatic N) is 2. The molecule has 1 saturated heterocycles. The van der Waals surface area contributed by atoms with Crippen molar-refractivity contribution in [1.29, 1.82) is 0 Å². The van der Waals surface area contributed by atoms with E-state index in [4.69, 9.17) is 4.74 Å². The highest BCUT2D eigenvalue weighted by atomic mass is 32.2. The lowest BCUT2D eigenvalue weighted by atomic mass is 10.2. The Bertz CT molecular complexity index is 872. The van der Waals surface area contributed by atoms with E-state index in [1.165, 1.54) is 4.31 Å². The van der Waals surface area contributed by atoms with E-state index >= 15 is 0 Å². The highest BCUT2D eigenvalue weighted by Gasteiger charge is 2.30. The molecule has 0 aliphatic carbocycles. The van der Waals surface area contributed by atoms with Gasteiger partial charge in [-0.15, -0.1) is 0 Å². The van der Waals surface area contributed by atoms with Crippen molar-refractivity contribution in [1.82, 2.24) is 9.21 Å². The summed E-state index contributed by atoms with van der Waals surface area (Å²) < 4.78 is 32.4. The number of piperazine rings is 1. The number of rotatable bonds is 5. The molecule has 0 spiro atoms. The van der Waals surface area contributed by atoms with Gasteiger partial charge in [0.25, 0.3) is 5.91 Å². The van der Waals surface area contributed by atoms with Crippen molar-refractivity contribution in [2.24, 2.45) is 0 Å². The molecule has 3 rings (SSSR count). The summed E-state index contributed by atoms with van der Waals surface area (Å²) in [5.74, 6) is 0.628. The van der Waals surface area contributed by atoms with Crippen molar-refractivity contribution in [2.45, 2.75) is 24.8 Å². The molecular formula is C20H24N2O4S. The Morgan fingerprint density at radius 3 is 2.07 bits per heavy atom. The van der Waals surface area contributed by atoms with Gasteiger partial charge in [0.2, 0.25) is 10.0 Å². The van der Waals surface area contributed by atoms with E-state index in [9.17, 15) is 13.2 Å². The first kappa shape index (κ1) is 19.4. The molecule has 2 aromatic rings. The summed E-state index contributed by atoms with van der Waals surface area (Å²) in [7, 11) is -3.51. The minimum absolute atomic E-state index is 0.0752. The van der Waals surface area contributed by atoms with E-state index in [2.05, 4.69) is 0 Å². The Morgan fingerprint density at radius 1 is 0.926 bits per heavy atom. The van der Waals surface area contributed by atoms with E-state index in [1.807, 2.05) is 13.8 Å². The second kappa shape index (κ2) is 8.10. The van der Waals surface area contributed by atoms with Crippen LogP contribution in [0.5, 0.6) is 5.75 Å². The molecule has 1 aliphatic rings. The first-order chi connectivity index (χ1) is 12.9. The van der Waals surface area contributed by atoms with E-state index < -0.39 is 10.0 Å². The first-order valence-corrected chi connectivity index (χ1v) is 10.4. The number of benzene rings is 2. The summed E-state index contributed by atoms with van der Waals surface area (Å²) in [6.45, 7) is 5.21. The van der Waals surface area contributed by atoms with E-state index in [0.717, 1.165) is 5.75 Å². The largest absolute Gasteiger partial charge is 0.491 e. The van der Waals surface area contributed by atoms with Gasteiger partial charge < -0.3 is 9.64 Å². The third-order valence-corrected chi connectivity index (χ3v) is 6.29. The number of hydrogen-bond acceptors (Lipinski definition) is 4. The standard InChI is InChI=1S/C20H24N2O4S/c1-16(2)26-18-10-8-17(9-11-18)20(23)21-12-14-22(15-13-21)27(24,25)19-6-4-3-5-7-19/h3-11,16H,12-15H2,1-2H3. The lowest BCUT2D eigenvalue weighted by molar-refractivity contribution is 0.0698. The van der Waals surface area contributed by atoms with Gasteiger partial charge in [0.1, 0.15) is 5.75 Å². The fraction of sp³-hybridized carbons (Fsp3) is 0.350. The van der Waals surface area contributed by atoms with Crippen molar-refractivity contribution < 1.29 is 17.9 Å². The Kier molecular flexibility index (Phi) is 5.82. The molecule has 0 N–H and O–H groups in total. The van der Waals surface area contributed by atoms with Gasteiger partial charge in [0.15, 0.2) is 0 Å². The Labute approximate surface area is 160 Å². The van der Waals surface area contributed by atoms with Crippen LogP contribution >= 0.6 is 0 Å². The van der Waals surface area contributed by atoms with Gasteiger partial charge >= 0.3 is 0 Å². The van der Waals surface area contributed by atoms with Crippen LogP contribution in [0.25, 0.3) is 0 Å². The molecule has 0 aromatic heterocycles. The second-order valence-electron chi connectivity index (χ2n) is 6.70. The fourth-order valence-corrected chi connectivity index (χ4v) is 4.45. The van der Waals surface area contributed by atoms with E-state index in [0.29, 0.717) is 18.7 Å². The van der Waals surface area contributed by atoms with Gasteiger partial charge in [-0.1, -0.05) is 18.2 Å². The Morgan fingerprint density at radius 2 is 1.52 bits per heavy atom. The predicted octanol–water partition coefficient (Wildman–Crippen LogP) is 2.62. The van der Waals surface area contributed by atoms with Crippen LogP contribution in [0, 0.1) is 0 Å². The average molecular weight is 388 g/mol. The number of amides is 1. The molecule has 0 radical (unpaired) electrons. The van der Waals surface area contributed by atoms with Crippen LogP contribution in [-0.2, 0) is 10.0 Å². The zero-order chi connectivity index (χ0) is 19.4. The lowest BCUT2D eigenvalue weighted by Gasteiger charge is -2.34. The molecule has 0 bridgehead atoms. The molecule has 1 heterocycles. The number of sulfonamides is 1. The van der Waals surface area contributed by atoms with Crippen molar-refractivity contribution in [3.8, 4) is 5.75 Å². The zero-order valence-corrected chi connectivity index (χ0v) is 16.4. The van der Waals surface area contributed by atoms with Crippen LogP contribution in [0.1, 0.15) is 24.2 Å². The fourth-order valence-electron chi connectivity index (χ4n) is 3.00. The molecule has 0 unspecified atom stereocenters. The first-order valence-electron chi connectivity index (χ1n) is 8.99. The lowest BCUT2D eigenvalue weighted by Crippen LogP contribution is -2.50. The third-order valence-electron chi connectivity index (χ3n) is 4.38. The normalized spacial score (nSPS) is 15.7. The number of carbonyl (C=O) groups is 1. The minimum atomic E-state index is -3.51. The maximum Gasteiger partial charge on any atom is 0.253 e. The van der Waals surface area contributed by atoms with Crippen molar-refractivity contribution in [3.05, 3.63) is 60.2 Å². The number of hydrogen-bond donors (Lipinski definition) is 0. The highest BCUT2D eigenvalue weighted by molar-refractivity contribution is 7.89. The molecule has 0 atom stereocenters. The van der Waals surface area contributed by atoms with Crippen LogP contribution in [0.2, 0.25) is 0 Å². The maximum absolute atomic E-state index is 12.7. The molecule has 1 amide bonds. The monoisotopic (exact) mass is 388 g/mol. The van der Waals surface area contributed by atoms with Crippen molar-refractivity contribution in [3.63, 3.8) is 0 Å². The third kappa shape index (κ3) is 4.48. The molecule has 0 saturated carbocycles. The summed E-state index contributed by atoms with van der Waals surface area (Å²) >= 11 is 0. The minimum Gasteiger partial charge on any atom is -0.491 e. The topological polar surface area (TPSA) is 66.9 Å². The predicted molar refractivity (Wildman–Crippen MR) is 103 cm³/mol. The Hall–Kier alpha value is -2.38.